The fraction of sp³-hybridized carbons (Fsp3) is 0.550. The van der Waals surface area contributed by atoms with Crippen molar-refractivity contribution in [3.05, 3.63) is 24.3 Å². The first kappa shape index (κ1) is 23.1. The number of alkyl halides is 3. The predicted molar refractivity (Wildman–Crippen MR) is 114 cm³/mol. The summed E-state index contributed by atoms with van der Waals surface area (Å²) in [4.78, 5) is 19.5. The van der Waals surface area contributed by atoms with E-state index in [1.54, 1.807) is 23.9 Å². The quantitative estimate of drug-likeness (QED) is 0.483. The Bertz CT molecular complexity index is 1080. The molecule has 2 N–H and O–H groups in total. The molecule has 10 nitrogen and oxygen atoms in total. The summed E-state index contributed by atoms with van der Waals surface area (Å²) in [5.41, 5.74) is 1.74. The maximum atomic E-state index is 12.4. The van der Waals surface area contributed by atoms with Crippen molar-refractivity contribution in [2.45, 2.75) is 32.5 Å². The fourth-order valence-corrected chi connectivity index (χ4v) is 3.83. The van der Waals surface area contributed by atoms with Crippen LogP contribution in [0.15, 0.2) is 18.6 Å². The molecule has 1 unspecified atom stereocenters. The Hall–Kier alpha value is -3.06. The van der Waals surface area contributed by atoms with Crippen molar-refractivity contribution < 1.29 is 23.0 Å². The number of hydrogen-bond acceptors (Lipinski definition) is 9. The second-order valence-electron chi connectivity index (χ2n) is 7.90. The number of nitrogens with one attached hydrogen (secondary N) is 1. The third kappa shape index (κ3) is 5.66. The van der Waals surface area contributed by atoms with Crippen LogP contribution in [0.3, 0.4) is 0 Å². The molecule has 0 bridgehead atoms. The number of nitrogens with zero attached hydrogens (tertiary/aromatic N) is 7. The standard InChI is InChI=1S/C20H25F3N8O2/c1-13-16-17(31(29-13)7-8-33-11-20(21,22)23)18(26-15-4-5-24-12-25-15)28-19(27-16)30-6-2-3-14(9-30)10-32/h4-5,12,14,32H,2-3,6-11H2,1H3,(H,24,25,26,27,28). The van der Waals surface area contributed by atoms with Crippen LogP contribution in [0.1, 0.15) is 18.5 Å². The first-order valence-electron chi connectivity index (χ1n) is 10.6. The number of halogens is 3. The third-order valence-electron chi connectivity index (χ3n) is 5.35. The molecule has 1 atom stereocenters. The molecule has 0 amide bonds. The van der Waals surface area contributed by atoms with Crippen molar-refractivity contribution in [3.63, 3.8) is 0 Å². The Morgan fingerprint density at radius 1 is 1.30 bits per heavy atom. The van der Waals surface area contributed by atoms with Crippen LogP contribution in [0.4, 0.5) is 30.8 Å². The van der Waals surface area contributed by atoms with Gasteiger partial charge in [-0.2, -0.15) is 23.3 Å². The Labute approximate surface area is 187 Å². The summed E-state index contributed by atoms with van der Waals surface area (Å²) < 4.78 is 43.5. The van der Waals surface area contributed by atoms with Gasteiger partial charge >= 0.3 is 6.18 Å². The second-order valence-corrected chi connectivity index (χ2v) is 7.90. The van der Waals surface area contributed by atoms with E-state index in [-0.39, 0.29) is 25.7 Å². The van der Waals surface area contributed by atoms with Gasteiger partial charge in [0.05, 0.1) is 18.8 Å². The molecule has 1 saturated heterocycles. The molecule has 3 aromatic heterocycles. The van der Waals surface area contributed by atoms with E-state index in [2.05, 4.69) is 20.4 Å². The normalized spacial score (nSPS) is 17.0. The number of fused-ring (bicyclic) bond motifs is 1. The molecular formula is C20H25F3N8O2. The predicted octanol–water partition coefficient (Wildman–Crippen LogP) is 2.46. The van der Waals surface area contributed by atoms with Gasteiger partial charge in [-0.1, -0.05) is 0 Å². The zero-order valence-corrected chi connectivity index (χ0v) is 18.1. The number of hydrogen-bond donors (Lipinski definition) is 2. The van der Waals surface area contributed by atoms with Gasteiger partial charge in [-0.05, 0) is 31.7 Å². The van der Waals surface area contributed by atoms with Crippen molar-refractivity contribution in [2.24, 2.45) is 5.92 Å². The van der Waals surface area contributed by atoms with Gasteiger partial charge in [0.25, 0.3) is 0 Å². The number of aromatic nitrogens is 6. The van der Waals surface area contributed by atoms with E-state index in [9.17, 15) is 18.3 Å². The minimum absolute atomic E-state index is 0.0951. The van der Waals surface area contributed by atoms with Crippen molar-refractivity contribution >= 4 is 28.6 Å². The van der Waals surface area contributed by atoms with Gasteiger partial charge in [0.15, 0.2) is 5.82 Å². The van der Waals surface area contributed by atoms with Crippen LogP contribution in [0.25, 0.3) is 11.0 Å². The van der Waals surface area contributed by atoms with E-state index in [4.69, 9.17) is 14.7 Å². The number of aliphatic hydroxyl groups is 1. The van der Waals surface area contributed by atoms with Crippen LogP contribution >= 0.6 is 0 Å². The zero-order chi connectivity index (χ0) is 23.4. The minimum atomic E-state index is -4.39. The van der Waals surface area contributed by atoms with Crippen molar-refractivity contribution in [1.82, 2.24) is 29.7 Å². The maximum absolute atomic E-state index is 12.4. The molecule has 0 aliphatic carbocycles. The van der Waals surface area contributed by atoms with Crippen molar-refractivity contribution in [3.8, 4) is 0 Å². The number of piperidine rings is 1. The van der Waals surface area contributed by atoms with Crippen LogP contribution in [0, 0.1) is 12.8 Å². The van der Waals surface area contributed by atoms with E-state index in [1.807, 2.05) is 4.90 Å². The molecule has 178 valence electrons. The fourth-order valence-electron chi connectivity index (χ4n) is 3.83. The first-order chi connectivity index (χ1) is 15.8. The molecule has 4 heterocycles. The van der Waals surface area contributed by atoms with Gasteiger partial charge in [-0.25, -0.2) is 15.0 Å². The molecule has 13 heteroatoms. The highest BCUT2D eigenvalue weighted by Crippen LogP contribution is 2.29. The summed E-state index contributed by atoms with van der Waals surface area (Å²) in [6.45, 7) is 1.87. The highest BCUT2D eigenvalue weighted by atomic mass is 19.4. The molecule has 0 saturated carbocycles. The van der Waals surface area contributed by atoms with Crippen molar-refractivity contribution in [2.75, 3.05) is 43.1 Å². The largest absolute Gasteiger partial charge is 0.411 e. The van der Waals surface area contributed by atoms with Gasteiger partial charge in [0, 0.05) is 25.9 Å². The van der Waals surface area contributed by atoms with Crippen molar-refractivity contribution in [1.29, 1.82) is 0 Å². The summed E-state index contributed by atoms with van der Waals surface area (Å²) in [6.07, 6.45) is 0.442. The molecule has 1 aliphatic heterocycles. The van der Waals surface area contributed by atoms with Gasteiger partial charge in [0.1, 0.15) is 29.8 Å². The van der Waals surface area contributed by atoms with Gasteiger partial charge in [-0.15, -0.1) is 0 Å². The van der Waals surface area contributed by atoms with Crippen LogP contribution in [0.2, 0.25) is 0 Å². The summed E-state index contributed by atoms with van der Waals surface area (Å²) in [5, 5.41) is 17.2. The number of anilines is 3. The highest BCUT2D eigenvalue weighted by molar-refractivity contribution is 5.90. The lowest BCUT2D eigenvalue weighted by atomic mass is 9.99. The highest BCUT2D eigenvalue weighted by Gasteiger charge is 2.28. The van der Waals surface area contributed by atoms with Gasteiger partial charge in [0.2, 0.25) is 5.95 Å². The smallest absolute Gasteiger partial charge is 0.396 e. The average molecular weight is 466 g/mol. The average Bonchev–Trinajstić information content (AvgIpc) is 3.12. The summed E-state index contributed by atoms with van der Waals surface area (Å²) in [7, 11) is 0. The lowest BCUT2D eigenvalue weighted by molar-refractivity contribution is -0.174. The topological polar surface area (TPSA) is 114 Å². The summed E-state index contributed by atoms with van der Waals surface area (Å²) in [6, 6.07) is 1.68. The van der Waals surface area contributed by atoms with E-state index in [0.717, 1.165) is 19.4 Å². The molecule has 0 aromatic carbocycles. The van der Waals surface area contributed by atoms with E-state index >= 15 is 0 Å². The molecule has 0 radical (unpaired) electrons. The van der Waals surface area contributed by atoms with Gasteiger partial charge in [-0.3, -0.25) is 4.68 Å². The lowest BCUT2D eigenvalue weighted by Gasteiger charge is -2.32. The SMILES string of the molecule is Cc1nn(CCOCC(F)(F)F)c2c(Nc3ccncn3)nc(N3CCCC(CO)C3)nc12. The van der Waals surface area contributed by atoms with E-state index in [1.165, 1.54) is 6.33 Å². The number of aliphatic hydroxyl groups excluding tert-OH is 1. The number of rotatable bonds is 8. The van der Waals surface area contributed by atoms with Crippen LogP contribution in [0.5, 0.6) is 0 Å². The summed E-state index contributed by atoms with van der Waals surface area (Å²) >= 11 is 0. The van der Waals surface area contributed by atoms with Crippen LogP contribution < -0.4 is 10.2 Å². The molecule has 1 aliphatic rings. The number of ether oxygens (including phenoxy) is 1. The molecule has 0 spiro atoms. The molecule has 4 rings (SSSR count). The van der Waals surface area contributed by atoms with E-state index < -0.39 is 12.8 Å². The molecule has 33 heavy (non-hydrogen) atoms. The Morgan fingerprint density at radius 2 is 2.15 bits per heavy atom. The lowest BCUT2D eigenvalue weighted by Crippen LogP contribution is -2.38. The van der Waals surface area contributed by atoms with Crippen LogP contribution in [-0.2, 0) is 11.3 Å². The van der Waals surface area contributed by atoms with E-state index in [0.29, 0.717) is 40.9 Å². The minimum Gasteiger partial charge on any atom is -0.396 e. The summed E-state index contributed by atoms with van der Waals surface area (Å²) in [5.74, 6) is 1.57. The monoisotopic (exact) mass is 466 g/mol. The van der Waals surface area contributed by atoms with Crippen LogP contribution in [-0.4, -0.2) is 73.9 Å². The third-order valence-corrected chi connectivity index (χ3v) is 5.35. The Kier molecular flexibility index (Phi) is 6.88. The molecular weight excluding hydrogens is 441 g/mol. The zero-order valence-electron chi connectivity index (χ0n) is 18.1. The molecule has 1 fully saturated rings. The Balaban J connectivity index is 1.68. The Morgan fingerprint density at radius 3 is 2.88 bits per heavy atom. The number of aryl methyl sites for hydroxylation is 1. The molecule has 3 aromatic rings. The van der Waals surface area contributed by atoms with Gasteiger partial charge < -0.3 is 20.1 Å². The first-order valence-corrected chi connectivity index (χ1v) is 10.6. The maximum Gasteiger partial charge on any atom is 0.411 e. The second kappa shape index (κ2) is 9.83.